The molecular weight excluding hydrogens is 428 g/mol. The zero-order valence-electron chi connectivity index (χ0n) is 11.6. The summed E-state index contributed by atoms with van der Waals surface area (Å²) >= 11 is 6.79. The molecule has 0 fully saturated rings. The number of halogens is 2. The highest BCUT2D eigenvalue weighted by molar-refractivity contribution is 9.08. The molecule has 0 N–H and O–H groups in total. The first kappa shape index (κ1) is 18.7. The van der Waals surface area contributed by atoms with Crippen LogP contribution in [0, 0.1) is 0 Å². The van der Waals surface area contributed by atoms with Gasteiger partial charge in [0.2, 0.25) is 0 Å². The minimum atomic E-state index is -4.14. The highest BCUT2D eigenvalue weighted by Gasteiger charge is 2.10. The molecule has 0 aliphatic carbocycles. The van der Waals surface area contributed by atoms with E-state index >= 15 is 0 Å². The van der Waals surface area contributed by atoms with Gasteiger partial charge in [-0.15, -0.1) is 0 Å². The molecule has 0 saturated heterocycles. The summed E-state index contributed by atoms with van der Waals surface area (Å²) in [6.45, 7) is 0.365. The molecule has 8 heteroatoms. The van der Waals surface area contributed by atoms with Gasteiger partial charge in [0.1, 0.15) is 11.5 Å². The Morgan fingerprint density at radius 1 is 1.10 bits per heavy atom. The second kappa shape index (κ2) is 8.97. The average Bonchev–Trinajstić information content (AvgIpc) is 2.44. The largest absolute Gasteiger partial charge is 0.748 e. The van der Waals surface area contributed by atoms with Gasteiger partial charge >= 0.3 is 0 Å². The SMILES string of the molecule is COc1cc(CBr)c(OCCCCS(=O)(=O)[O-])cc1CBr. The molecule has 0 unspecified atom stereocenters. The van der Waals surface area contributed by atoms with Gasteiger partial charge in [-0.2, -0.15) is 0 Å². The molecule has 0 aliphatic heterocycles. The van der Waals surface area contributed by atoms with Crippen LogP contribution >= 0.6 is 31.9 Å². The van der Waals surface area contributed by atoms with Crippen molar-refractivity contribution in [2.75, 3.05) is 19.5 Å². The summed E-state index contributed by atoms with van der Waals surface area (Å²) in [5, 5.41) is 1.26. The van der Waals surface area contributed by atoms with Crippen molar-refractivity contribution in [3.63, 3.8) is 0 Å². The first-order valence-corrected chi connectivity index (χ1v) is 10.1. The van der Waals surface area contributed by atoms with Crippen LogP contribution in [0.3, 0.4) is 0 Å². The van der Waals surface area contributed by atoms with Crippen molar-refractivity contribution < 1.29 is 22.4 Å². The van der Waals surface area contributed by atoms with Crippen molar-refractivity contribution in [2.24, 2.45) is 0 Å². The van der Waals surface area contributed by atoms with E-state index in [1.54, 1.807) is 7.11 Å². The minimum Gasteiger partial charge on any atom is -0.748 e. The van der Waals surface area contributed by atoms with E-state index in [4.69, 9.17) is 9.47 Å². The second-order valence-electron chi connectivity index (χ2n) is 4.36. The Morgan fingerprint density at radius 2 is 1.67 bits per heavy atom. The molecule has 5 nitrogen and oxygen atoms in total. The van der Waals surface area contributed by atoms with E-state index in [1.165, 1.54) is 0 Å². The van der Waals surface area contributed by atoms with E-state index in [-0.39, 0.29) is 5.75 Å². The maximum absolute atomic E-state index is 10.5. The summed E-state index contributed by atoms with van der Waals surface area (Å²) in [5.41, 5.74) is 1.92. The predicted octanol–water partition coefficient (Wildman–Crippen LogP) is 3.19. The molecular formula is C13H17Br2O5S-. The molecule has 1 aromatic carbocycles. The Labute approximate surface area is 142 Å². The van der Waals surface area contributed by atoms with E-state index in [0.29, 0.717) is 30.1 Å². The summed E-state index contributed by atoms with van der Waals surface area (Å²) in [6, 6.07) is 3.80. The summed E-state index contributed by atoms with van der Waals surface area (Å²) in [7, 11) is -2.52. The van der Waals surface area contributed by atoms with Crippen LogP contribution in [0.15, 0.2) is 12.1 Å². The maximum atomic E-state index is 10.5. The minimum absolute atomic E-state index is 0.303. The van der Waals surface area contributed by atoms with Gasteiger partial charge < -0.3 is 14.0 Å². The smallest absolute Gasteiger partial charge is 0.123 e. The van der Waals surface area contributed by atoms with Crippen LogP contribution in [0.5, 0.6) is 11.5 Å². The number of rotatable bonds is 9. The molecule has 21 heavy (non-hydrogen) atoms. The first-order chi connectivity index (χ1) is 9.91. The summed E-state index contributed by atoms with van der Waals surface area (Å²) in [6.07, 6.45) is 0.815. The number of unbranched alkanes of at least 4 members (excludes halogenated alkanes) is 1. The third-order valence-electron chi connectivity index (χ3n) is 2.80. The van der Waals surface area contributed by atoms with Gasteiger partial charge in [0.25, 0.3) is 0 Å². The number of ether oxygens (including phenoxy) is 2. The fourth-order valence-electron chi connectivity index (χ4n) is 1.74. The quantitative estimate of drug-likeness (QED) is 0.332. The van der Waals surface area contributed by atoms with E-state index < -0.39 is 10.1 Å². The molecule has 0 amide bonds. The van der Waals surface area contributed by atoms with Crippen molar-refractivity contribution in [3.8, 4) is 11.5 Å². The zero-order valence-corrected chi connectivity index (χ0v) is 15.6. The first-order valence-electron chi connectivity index (χ1n) is 6.29. The second-order valence-corrected chi connectivity index (χ2v) is 7.00. The van der Waals surface area contributed by atoms with Crippen molar-refractivity contribution in [1.29, 1.82) is 0 Å². The Hall–Kier alpha value is -0.310. The van der Waals surface area contributed by atoms with Gasteiger partial charge in [0.15, 0.2) is 0 Å². The summed E-state index contributed by atoms with van der Waals surface area (Å²) < 4.78 is 42.5. The number of methoxy groups -OCH3 is 1. The Morgan fingerprint density at radius 3 is 2.19 bits per heavy atom. The van der Waals surface area contributed by atoms with Crippen molar-refractivity contribution in [2.45, 2.75) is 23.5 Å². The van der Waals surface area contributed by atoms with Crippen molar-refractivity contribution in [1.82, 2.24) is 0 Å². The topological polar surface area (TPSA) is 75.7 Å². The van der Waals surface area contributed by atoms with E-state index in [9.17, 15) is 13.0 Å². The van der Waals surface area contributed by atoms with Gasteiger partial charge in [0.05, 0.1) is 23.8 Å². The predicted molar refractivity (Wildman–Crippen MR) is 87.5 cm³/mol. The lowest BCUT2D eigenvalue weighted by molar-refractivity contribution is 0.305. The monoisotopic (exact) mass is 443 g/mol. The number of hydrogen-bond acceptors (Lipinski definition) is 5. The summed E-state index contributed by atoms with van der Waals surface area (Å²) in [4.78, 5) is 0. The van der Waals surface area contributed by atoms with Crippen LogP contribution < -0.4 is 9.47 Å². The maximum Gasteiger partial charge on any atom is 0.123 e. The van der Waals surface area contributed by atoms with Gasteiger partial charge in [0, 0.05) is 27.5 Å². The molecule has 0 heterocycles. The Kier molecular flexibility index (Phi) is 8.00. The molecule has 0 atom stereocenters. The van der Waals surface area contributed by atoms with Gasteiger partial charge in [-0.05, 0) is 25.0 Å². The van der Waals surface area contributed by atoms with Crippen LogP contribution in [0.1, 0.15) is 24.0 Å². The van der Waals surface area contributed by atoms with Crippen LogP contribution in [-0.2, 0) is 20.8 Å². The molecule has 1 aromatic rings. The Balaban J connectivity index is 2.65. The van der Waals surface area contributed by atoms with Crippen LogP contribution in [0.4, 0.5) is 0 Å². The van der Waals surface area contributed by atoms with Crippen molar-refractivity contribution >= 4 is 42.0 Å². The zero-order chi connectivity index (χ0) is 15.9. The lowest BCUT2D eigenvalue weighted by Crippen LogP contribution is -2.07. The van der Waals surface area contributed by atoms with Gasteiger partial charge in [-0.25, -0.2) is 8.42 Å². The third kappa shape index (κ3) is 6.54. The lowest BCUT2D eigenvalue weighted by Gasteiger charge is -2.14. The molecule has 0 bridgehead atoms. The van der Waals surface area contributed by atoms with Crippen molar-refractivity contribution in [3.05, 3.63) is 23.3 Å². The molecule has 0 aliphatic rings. The number of alkyl halides is 2. The molecule has 0 radical (unpaired) electrons. The highest BCUT2D eigenvalue weighted by atomic mass is 79.9. The van der Waals surface area contributed by atoms with Crippen LogP contribution in [0.25, 0.3) is 0 Å². The molecule has 1 rings (SSSR count). The van der Waals surface area contributed by atoms with Gasteiger partial charge in [-0.3, -0.25) is 0 Å². The lowest BCUT2D eigenvalue weighted by atomic mass is 10.1. The highest BCUT2D eigenvalue weighted by Crippen LogP contribution is 2.31. The van der Waals surface area contributed by atoms with Crippen LogP contribution in [-0.4, -0.2) is 32.4 Å². The van der Waals surface area contributed by atoms with Crippen LogP contribution in [0.2, 0.25) is 0 Å². The fraction of sp³-hybridized carbons (Fsp3) is 0.538. The fourth-order valence-corrected chi connectivity index (χ4v) is 3.17. The summed E-state index contributed by atoms with van der Waals surface area (Å²) in [5.74, 6) is 1.16. The molecule has 120 valence electrons. The standard InChI is InChI=1S/C13H18Br2O5S/c1-19-12-6-11(9-15)13(7-10(12)8-14)20-4-2-3-5-21(16,17)18/h6-7H,2-5,8-9H2,1H3,(H,16,17,18)/p-1. The molecule has 0 spiro atoms. The molecule has 0 aromatic heterocycles. The average molecular weight is 445 g/mol. The van der Waals surface area contributed by atoms with E-state index in [0.717, 1.165) is 22.6 Å². The molecule has 0 saturated carbocycles. The third-order valence-corrected chi connectivity index (χ3v) is 4.79. The van der Waals surface area contributed by atoms with Gasteiger partial charge in [-0.1, -0.05) is 31.9 Å². The normalized spacial score (nSPS) is 11.4. The number of hydrogen-bond donors (Lipinski definition) is 0. The van der Waals surface area contributed by atoms with E-state index in [2.05, 4.69) is 31.9 Å². The number of benzene rings is 1. The van der Waals surface area contributed by atoms with E-state index in [1.807, 2.05) is 12.1 Å². The Bertz CT molecular complexity index is 560.